The van der Waals surface area contributed by atoms with Gasteiger partial charge in [0.05, 0.1) is 0 Å². The molecule has 0 spiro atoms. The van der Waals surface area contributed by atoms with Crippen molar-refractivity contribution in [2.24, 2.45) is 0 Å². The zero-order valence-electron chi connectivity index (χ0n) is 17.4. The monoisotopic (exact) mass is 459 g/mol. The molecule has 166 valence electrons. The Kier molecular flexibility index (Phi) is 5.79. The Morgan fingerprint density at radius 2 is 2.12 bits per heavy atom. The van der Waals surface area contributed by atoms with Crippen LogP contribution in [-0.2, 0) is 24.1 Å². The van der Waals surface area contributed by atoms with Crippen LogP contribution in [0, 0.1) is 11.3 Å². The zero-order chi connectivity index (χ0) is 23.0. The van der Waals surface area contributed by atoms with Gasteiger partial charge < -0.3 is 10.6 Å². The molecule has 3 aromatic rings. The minimum atomic E-state index is -4.64. The average Bonchev–Trinajstić information content (AvgIpc) is 3.37. The van der Waals surface area contributed by atoms with Crippen molar-refractivity contribution in [1.82, 2.24) is 15.1 Å². The van der Waals surface area contributed by atoms with Gasteiger partial charge in [0.25, 0.3) is 0 Å². The van der Waals surface area contributed by atoms with E-state index in [9.17, 15) is 23.2 Å². The number of fused-ring (bicyclic) bond motifs is 1. The number of hydrogen-bond acceptors (Lipinski definition) is 5. The SMILES string of the molecule is CCn1cc(-c2cc(NC(C)=O)ccc2C2CNCc3sc(C#N)cc32)c(C(F)(F)F)n1. The van der Waals surface area contributed by atoms with Crippen LogP contribution in [0.2, 0.25) is 0 Å². The molecule has 4 rings (SSSR count). The highest BCUT2D eigenvalue weighted by atomic mass is 32.1. The average molecular weight is 459 g/mol. The molecule has 0 bridgehead atoms. The smallest absolute Gasteiger partial charge is 0.326 e. The summed E-state index contributed by atoms with van der Waals surface area (Å²) in [4.78, 5) is 13.1. The number of amides is 1. The van der Waals surface area contributed by atoms with Gasteiger partial charge in [-0.2, -0.15) is 23.5 Å². The molecule has 1 atom stereocenters. The molecule has 0 fully saturated rings. The number of alkyl halides is 3. The summed E-state index contributed by atoms with van der Waals surface area (Å²) in [5.74, 6) is -0.563. The molecule has 1 aliphatic rings. The first kappa shape index (κ1) is 22.0. The number of aromatic nitrogens is 2. The summed E-state index contributed by atoms with van der Waals surface area (Å²) in [5, 5.41) is 19.0. The Bertz CT molecular complexity index is 1220. The third-order valence-electron chi connectivity index (χ3n) is 5.35. The van der Waals surface area contributed by atoms with Crippen molar-refractivity contribution in [3.05, 3.63) is 57.0 Å². The number of halogens is 3. The van der Waals surface area contributed by atoms with Gasteiger partial charge in [-0.05, 0) is 41.8 Å². The van der Waals surface area contributed by atoms with Crippen molar-refractivity contribution >= 4 is 22.9 Å². The van der Waals surface area contributed by atoms with Gasteiger partial charge in [0, 0.05) is 54.8 Å². The number of nitrogens with one attached hydrogen (secondary N) is 2. The second kappa shape index (κ2) is 8.41. The van der Waals surface area contributed by atoms with Gasteiger partial charge in [-0.15, -0.1) is 11.3 Å². The van der Waals surface area contributed by atoms with Crippen LogP contribution < -0.4 is 10.6 Å². The summed E-state index contributed by atoms with van der Waals surface area (Å²) >= 11 is 1.39. The van der Waals surface area contributed by atoms with E-state index >= 15 is 0 Å². The normalized spacial score (nSPS) is 15.8. The van der Waals surface area contributed by atoms with E-state index < -0.39 is 11.9 Å². The molecule has 2 N–H and O–H groups in total. The number of benzene rings is 1. The van der Waals surface area contributed by atoms with Crippen LogP contribution in [0.3, 0.4) is 0 Å². The summed E-state index contributed by atoms with van der Waals surface area (Å²) < 4.78 is 42.9. The predicted molar refractivity (Wildman–Crippen MR) is 115 cm³/mol. The molecule has 0 aliphatic carbocycles. The molecule has 0 saturated heterocycles. The van der Waals surface area contributed by atoms with Gasteiger partial charge >= 0.3 is 6.18 Å². The number of nitrogens with zero attached hydrogens (tertiary/aromatic N) is 3. The summed E-state index contributed by atoms with van der Waals surface area (Å²) in [6.07, 6.45) is -3.24. The number of thiophene rings is 1. The lowest BCUT2D eigenvalue weighted by molar-refractivity contribution is -0.141. The number of nitriles is 1. The molecule has 1 amide bonds. The fourth-order valence-corrected chi connectivity index (χ4v) is 5.00. The van der Waals surface area contributed by atoms with E-state index in [0.29, 0.717) is 34.8 Å². The predicted octanol–water partition coefficient (Wildman–Crippen LogP) is 4.72. The van der Waals surface area contributed by atoms with Crippen molar-refractivity contribution in [1.29, 1.82) is 5.26 Å². The van der Waals surface area contributed by atoms with Crippen LogP contribution in [-0.4, -0.2) is 22.2 Å². The van der Waals surface area contributed by atoms with Crippen molar-refractivity contribution in [2.75, 3.05) is 11.9 Å². The number of anilines is 1. The molecule has 32 heavy (non-hydrogen) atoms. The summed E-state index contributed by atoms with van der Waals surface area (Å²) in [6, 6.07) is 8.96. The summed E-state index contributed by atoms with van der Waals surface area (Å²) in [5.41, 5.74) is 1.37. The first-order valence-corrected chi connectivity index (χ1v) is 10.8. The van der Waals surface area contributed by atoms with E-state index in [-0.39, 0.29) is 23.9 Å². The molecule has 6 nitrogen and oxygen atoms in total. The van der Waals surface area contributed by atoms with Crippen LogP contribution in [0.1, 0.15) is 46.3 Å². The van der Waals surface area contributed by atoms with E-state index in [4.69, 9.17) is 0 Å². The van der Waals surface area contributed by atoms with Gasteiger partial charge in [-0.3, -0.25) is 9.48 Å². The zero-order valence-corrected chi connectivity index (χ0v) is 18.2. The largest absolute Gasteiger partial charge is 0.435 e. The van der Waals surface area contributed by atoms with Crippen LogP contribution >= 0.6 is 11.3 Å². The fourth-order valence-electron chi connectivity index (χ4n) is 4.01. The Labute approximate surface area is 186 Å². The Morgan fingerprint density at radius 3 is 2.78 bits per heavy atom. The minimum Gasteiger partial charge on any atom is -0.326 e. The van der Waals surface area contributed by atoms with Crippen molar-refractivity contribution < 1.29 is 18.0 Å². The van der Waals surface area contributed by atoms with Crippen LogP contribution in [0.15, 0.2) is 30.5 Å². The van der Waals surface area contributed by atoms with Crippen molar-refractivity contribution in [3.8, 4) is 17.2 Å². The molecular weight excluding hydrogens is 439 g/mol. The van der Waals surface area contributed by atoms with E-state index in [1.165, 1.54) is 29.1 Å². The second-order valence-corrected chi connectivity index (χ2v) is 8.65. The Morgan fingerprint density at radius 1 is 1.34 bits per heavy atom. The maximum atomic E-state index is 13.9. The molecule has 0 saturated carbocycles. The quantitative estimate of drug-likeness (QED) is 0.592. The molecule has 1 aromatic carbocycles. The fraction of sp³-hybridized carbons (Fsp3) is 0.318. The van der Waals surface area contributed by atoms with E-state index in [1.807, 2.05) is 6.07 Å². The number of hydrogen-bond donors (Lipinski definition) is 2. The van der Waals surface area contributed by atoms with Gasteiger partial charge in [-0.25, -0.2) is 0 Å². The number of carbonyl (C=O) groups excluding carboxylic acids is 1. The van der Waals surface area contributed by atoms with Crippen LogP contribution in [0.25, 0.3) is 11.1 Å². The molecule has 2 aromatic heterocycles. The topological polar surface area (TPSA) is 82.7 Å². The minimum absolute atomic E-state index is 0.0376. The standard InChI is InChI=1S/C22H20F3N5OS/c1-3-30-11-19(21(29-30)22(23,24)25)16-6-13(28-12(2)31)4-5-15(16)18-9-27-10-20-17(18)7-14(8-26)32-20/h4-7,11,18,27H,3,9-10H2,1-2H3,(H,28,31). The molecule has 3 heterocycles. The summed E-state index contributed by atoms with van der Waals surface area (Å²) in [6.45, 7) is 4.48. The number of aryl methyl sites for hydroxylation is 1. The molecule has 1 aliphatic heterocycles. The molecule has 1 unspecified atom stereocenters. The van der Waals surface area contributed by atoms with Crippen molar-refractivity contribution in [2.45, 2.75) is 39.0 Å². The van der Waals surface area contributed by atoms with Gasteiger partial charge in [0.2, 0.25) is 5.91 Å². The first-order valence-electron chi connectivity index (χ1n) is 10.0. The third kappa shape index (κ3) is 4.13. The van der Waals surface area contributed by atoms with Crippen molar-refractivity contribution in [3.63, 3.8) is 0 Å². The van der Waals surface area contributed by atoms with E-state index in [1.54, 1.807) is 25.1 Å². The lowest BCUT2D eigenvalue weighted by Gasteiger charge is -2.26. The Balaban J connectivity index is 1.94. The number of carbonyl (C=O) groups is 1. The second-order valence-electron chi connectivity index (χ2n) is 7.51. The van der Waals surface area contributed by atoms with E-state index in [0.717, 1.165) is 10.4 Å². The van der Waals surface area contributed by atoms with Crippen LogP contribution in [0.4, 0.5) is 18.9 Å². The highest BCUT2D eigenvalue weighted by molar-refractivity contribution is 7.12. The Hall–Kier alpha value is -3.16. The molecule has 10 heteroatoms. The highest BCUT2D eigenvalue weighted by Crippen LogP contribution is 2.43. The number of rotatable bonds is 4. The maximum absolute atomic E-state index is 13.9. The first-order chi connectivity index (χ1) is 15.2. The molecular formula is C22H20F3N5OS. The lowest BCUT2D eigenvalue weighted by Crippen LogP contribution is -2.28. The van der Waals surface area contributed by atoms with Crippen LogP contribution in [0.5, 0.6) is 0 Å². The van der Waals surface area contributed by atoms with Gasteiger partial charge in [0.15, 0.2) is 5.69 Å². The summed E-state index contributed by atoms with van der Waals surface area (Å²) in [7, 11) is 0. The van der Waals surface area contributed by atoms with E-state index in [2.05, 4.69) is 21.8 Å². The van der Waals surface area contributed by atoms with Gasteiger partial charge in [0.1, 0.15) is 10.9 Å². The highest BCUT2D eigenvalue weighted by Gasteiger charge is 2.39. The molecule has 0 radical (unpaired) electrons. The lowest BCUT2D eigenvalue weighted by atomic mass is 9.84. The third-order valence-corrected chi connectivity index (χ3v) is 6.41. The maximum Gasteiger partial charge on any atom is 0.435 e. The van der Waals surface area contributed by atoms with Gasteiger partial charge in [-0.1, -0.05) is 6.07 Å².